The van der Waals surface area contributed by atoms with E-state index in [2.05, 4.69) is 32.9 Å². The summed E-state index contributed by atoms with van der Waals surface area (Å²) >= 11 is 2.16. The van der Waals surface area contributed by atoms with Crippen molar-refractivity contribution in [3.8, 4) is 0 Å². The molecule has 1 aliphatic heterocycles. The third-order valence-corrected chi connectivity index (χ3v) is 3.24. The summed E-state index contributed by atoms with van der Waals surface area (Å²) < 4.78 is 14.3. The molecule has 1 atom stereocenters. The first-order chi connectivity index (χ1) is 6.29. The van der Waals surface area contributed by atoms with Gasteiger partial charge in [0.1, 0.15) is 0 Å². The van der Waals surface area contributed by atoms with Crippen molar-refractivity contribution in [3.05, 3.63) is 27.3 Å². The van der Waals surface area contributed by atoms with Crippen molar-refractivity contribution in [3.63, 3.8) is 0 Å². The van der Waals surface area contributed by atoms with E-state index in [1.54, 1.807) is 0 Å². The number of rotatable bonds is 1. The van der Waals surface area contributed by atoms with Gasteiger partial charge in [0.25, 0.3) is 0 Å². The van der Waals surface area contributed by atoms with Gasteiger partial charge in [-0.25, -0.2) is 4.98 Å². The molecule has 0 bridgehead atoms. The van der Waals surface area contributed by atoms with Crippen molar-refractivity contribution in [1.29, 1.82) is 0 Å². The van der Waals surface area contributed by atoms with E-state index in [1.807, 2.05) is 6.07 Å². The topological polar surface area (TPSA) is 24.9 Å². The van der Waals surface area contributed by atoms with Crippen molar-refractivity contribution >= 4 is 22.6 Å². The van der Waals surface area contributed by atoms with E-state index in [9.17, 15) is 4.39 Å². The van der Waals surface area contributed by atoms with Crippen molar-refractivity contribution in [1.82, 2.24) is 10.3 Å². The second kappa shape index (κ2) is 3.88. The highest BCUT2D eigenvalue weighted by Gasteiger charge is 2.22. The minimum Gasteiger partial charge on any atom is -0.310 e. The Morgan fingerprint density at radius 3 is 3.08 bits per heavy atom. The lowest BCUT2D eigenvalue weighted by molar-refractivity contribution is 0.525. The van der Waals surface area contributed by atoms with Crippen LogP contribution in [0.3, 0.4) is 0 Å². The van der Waals surface area contributed by atoms with E-state index in [0.717, 1.165) is 28.5 Å². The molecule has 1 N–H and O–H groups in total. The van der Waals surface area contributed by atoms with E-state index in [1.165, 1.54) is 6.20 Å². The normalized spacial score (nSPS) is 22.2. The van der Waals surface area contributed by atoms with Crippen molar-refractivity contribution in [2.45, 2.75) is 18.9 Å². The molecule has 13 heavy (non-hydrogen) atoms. The van der Waals surface area contributed by atoms with Crippen LogP contribution in [0.4, 0.5) is 4.39 Å². The molecule has 4 heteroatoms. The Kier molecular flexibility index (Phi) is 2.78. The molecule has 1 aliphatic rings. The third-order valence-electron chi connectivity index (χ3n) is 2.30. The average Bonchev–Trinajstić information content (AvgIpc) is 2.57. The molecule has 2 nitrogen and oxygen atoms in total. The fourth-order valence-electron chi connectivity index (χ4n) is 1.67. The summed E-state index contributed by atoms with van der Waals surface area (Å²) in [7, 11) is 0. The Labute approximate surface area is 90.1 Å². The summed E-state index contributed by atoms with van der Waals surface area (Å²) in [6, 6.07) is 2.01. The van der Waals surface area contributed by atoms with Gasteiger partial charge in [-0.1, -0.05) is 0 Å². The second-order valence-corrected chi connectivity index (χ2v) is 4.31. The number of nitrogens with zero attached hydrogens (tertiary/aromatic N) is 1. The number of aromatic nitrogens is 1. The minimum absolute atomic E-state index is 0.167. The van der Waals surface area contributed by atoms with Gasteiger partial charge in [-0.3, -0.25) is 0 Å². The highest BCUT2D eigenvalue weighted by molar-refractivity contribution is 14.1. The molecule has 2 heterocycles. The SMILES string of the molecule is Fc1nccc(I)c1C1CCCN1. The Morgan fingerprint density at radius 1 is 1.62 bits per heavy atom. The molecule has 1 aromatic rings. The zero-order valence-corrected chi connectivity index (χ0v) is 9.21. The van der Waals surface area contributed by atoms with Crippen LogP contribution in [0.15, 0.2) is 12.3 Å². The zero-order chi connectivity index (χ0) is 9.26. The van der Waals surface area contributed by atoms with Crippen LogP contribution in [0.1, 0.15) is 24.4 Å². The van der Waals surface area contributed by atoms with Crippen LogP contribution < -0.4 is 5.32 Å². The number of nitrogens with one attached hydrogen (secondary N) is 1. The zero-order valence-electron chi connectivity index (χ0n) is 7.06. The summed E-state index contributed by atoms with van der Waals surface area (Å²) in [5, 5.41) is 3.27. The summed E-state index contributed by atoms with van der Waals surface area (Å²) in [4.78, 5) is 3.67. The van der Waals surface area contributed by atoms with E-state index in [0.29, 0.717) is 0 Å². The van der Waals surface area contributed by atoms with Crippen molar-refractivity contribution in [2.24, 2.45) is 0 Å². The first kappa shape index (κ1) is 9.33. The fraction of sp³-hybridized carbons (Fsp3) is 0.444. The molecule has 0 radical (unpaired) electrons. The van der Waals surface area contributed by atoms with E-state index in [4.69, 9.17) is 0 Å². The van der Waals surface area contributed by atoms with Gasteiger partial charge < -0.3 is 5.32 Å². The average molecular weight is 292 g/mol. The number of hydrogen-bond acceptors (Lipinski definition) is 2. The molecule has 0 saturated carbocycles. The molecule has 70 valence electrons. The van der Waals surface area contributed by atoms with Gasteiger partial charge in [0.05, 0.1) is 0 Å². The monoisotopic (exact) mass is 292 g/mol. The molecule has 0 aromatic carbocycles. The van der Waals surface area contributed by atoms with E-state index in [-0.39, 0.29) is 12.0 Å². The maximum absolute atomic E-state index is 13.3. The second-order valence-electron chi connectivity index (χ2n) is 3.15. The lowest BCUT2D eigenvalue weighted by Gasteiger charge is -2.12. The van der Waals surface area contributed by atoms with Gasteiger partial charge in [-0.15, -0.1) is 0 Å². The minimum atomic E-state index is -0.327. The van der Waals surface area contributed by atoms with Crippen LogP contribution in [-0.4, -0.2) is 11.5 Å². The van der Waals surface area contributed by atoms with Crippen LogP contribution in [0, 0.1) is 9.52 Å². The summed E-state index contributed by atoms with van der Waals surface area (Å²) in [5.41, 5.74) is 0.737. The highest BCUT2D eigenvalue weighted by Crippen LogP contribution is 2.28. The Hall–Kier alpha value is -0.230. The van der Waals surface area contributed by atoms with Gasteiger partial charge in [0.15, 0.2) is 0 Å². The van der Waals surface area contributed by atoms with Crippen LogP contribution in [-0.2, 0) is 0 Å². The standard InChI is InChI=1S/C9H10FIN2/c10-9-8(6(11)3-5-13-9)7-2-1-4-12-7/h3,5,7,12H,1-2,4H2. The Morgan fingerprint density at radius 2 is 2.46 bits per heavy atom. The molecule has 1 aromatic heterocycles. The molecule has 0 spiro atoms. The number of hydrogen-bond donors (Lipinski definition) is 1. The van der Waals surface area contributed by atoms with Crippen molar-refractivity contribution < 1.29 is 4.39 Å². The molecule has 0 amide bonds. The number of halogens is 2. The predicted molar refractivity (Wildman–Crippen MR) is 56.9 cm³/mol. The van der Waals surface area contributed by atoms with E-state index < -0.39 is 0 Å². The summed E-state index contributed by atoms with van der Waals surface area (Å²) in [6.45, 7) is 0.981. The largest absolute Gasteiger partial charge is 0.310 e. The molecule has 1 saturated heterocycles. The van der Waals surface area contributed by atoms with Crippen LogP contribution in [0.5, 0.6) is 0 Å². The lowest BCUT2D eigenvalue weighted by Crippen LogP contribution is -2.16. The van der Waals surface area contributed by atoms with Gasteiger partial charge in [-0.2, -0.15) is 4.39 Å². The van der Waals surface area contributed by atoms with Crippen LogP contribution >= 0.6 is 22.6 Å². The molecule has 1 fully saturated rings. The molecule has 0 aliphatic carbocycles. The van der Waals surface area contributed by atoms with E-state index >= 15 is 0 Å². The third kappa shape index (κ3) is 1.83. The van der Waals surface area contributed by atoms with Gasteiger partial charge in [0, 0.05) is 21.4 Å². The molecular formula is C9H10FIN2. The Bertz CT molecular complexity index is 290. The molecular weight excluding hydrogens is 282 g/mol. The Balaban J connectivity index is 2.37. The molecule has 2 rings (SSSR count). The van der Waals surface area contributed by atoms with Gasteiger partial charge in [-0.05, 0) is 48.0 Å². The highest BCUT2D eigenvalue weighted by atomic mass is 127. The van der Waals surface area contributed by atoms with Crippen LogP contribution in [0.2, 0.25) is 0 Å². The molecule has 1 unspecified atom stereocenters. The fourth-order valence-corrected chi connectivity index (χ4v) is 2.43. The summed E-state index contributed by atoms with van der Waals surface area (Å²) in [6.07, 6.45) is 3.64. The maximum atomic E-state index is 13.3. The van der Waals surface area contributed by atoms with Gasteiger partial charge >= 0.3 is 0 Å². The quantitative estimate of drug-likeness (QED) is 0.634. The summed E-state index contributed by atoms with van der Waals surface area (Å²) in [5.74, 6) is -0.327. The lowest BCUT2D eigenvalue weighted by atomic mass is 10.1. The van der Waals surface area contributed by atoms with Crippen LogP contribution in [0.25, 0.3) is 0 Å². The predicted octanol–water partition coefficient (Wildman–Crippen LogP) is 2.25. The maximum Gasteiger partial charge on any atom is 0.218 e. The van der Waals surface area contributed by atoms with Crippen molar-refractivity contribution in [2.75, 3.05) is 6.54 Å². The first-order valence-corrected chi connectivity index (χ1v) is 5.40. The van der Waals surface area contributed by atoms with Gasteiger partial charge in [0.2, 0.25) is 5.95 Å². The first-order valence-electron chi connectivity index (χ1n) is 4.32. The smallest absolute Gasteiger partial charge is 0.218 e. The number of pyridine rings is 1.